The molecular formula is C20H18O6. The maximum Gasteiger partial charge on any atom is 0.339 e. The number of rotatable bonds is 5. The lowest BCUT2D eigenvalue weighted by molar-refractivity contribution is -0.137. The van der Waals surface area contributed by atoms with Crippen molar-refractivity contribution in [3.8, 4) is 23.0 Å². The van der Waals surface area contributed by atoms with E-state index in [0.29, 0.717) is 47.8 Å². The quantitative estimate of drug-likeness (QED) is 0.541. The zero-order chi connectivity index (χ0) is 18.3. The third-order valence-corrected chi connectivity index (χ3v) is 4.77. The molecule has 0 radical (unpaired) electrons. The molecule has 4 rings (SSSR count). The fourth-order valence-electron chi connectivity index (χ4n) is 3.45. The van der Waals surface area contributed by atoms with E-state index in [0.717, 1.165) is 16.7 Å². The third-order valence-electron chi connectivity index (χ3n) is 4.77. The monoisotopic (exact) mass is 354 g/mol. The van der Waals surface area contributed by atoms with Crippen LogP contribution < -0.4 is 9.47 Å². The van der Waals surface area contributed by atoms with Crippen molar-refractivity contribution in [1.82, 2.24) is 0 Å². The van der Waals surface area contributed by atoms with E-state index in [-0.39, 0.29) is 19.0 Å². The topological polar surface area (TPSA) is 82.1 Å². The van der Waals surface area contributed by atoms with E-state index < -0.39 is 5.97 Å². The van der Waals surface area contributed by atoms with Gasteiger partial charge in [-0.25, -0.2) is 4.79 Å². The minimum atomic E-state index is -0.825. The number of fused-ring (bicyclic) bond motifs is 3. The molecule has 2 heterocycles. The minimum Gasteiger partial charge on any atom is -0.481 e. The molecule has 0 spiro atoms. The van der Waals surface area contributed by atoms with Gasteiger partial charge < -0.3 is 19.3 Å². The summed E-state index contributed by atoms with van der Waals surface area (Å²) in [5.74, 6) is 1.18. The Kier molecular flexibility index (Phi) is 4.03. The first-order chi connectivity index (χ1) is 12.6. The van der Waals surface area contributed by atoms with E-state index in [2.05, 4.69) is 0 Å². The SMILES string of the molecule is Cc1c2c(c(CCCCC(=O)O)c3c1Oc1ccccc1O3)C(=O)OC2. The molecule has 26 heavy (non-hydrogen) atoms. The number of hydrogen-bond donors (Lipinski definition) is 1. The fourth-order valence-corrected chi connectivity index (χ4v) is 3.45. The van der Waals surface area contributed by atoms with Crippen LogP contribution in [0.25, 0.3) is 0 Å². The molecule has 2 aliphatic heterocycles. The van der Waals surface area contributed by atoms with Gasteiger partial charge in [-0.05, 0) is 38.3 Å². The van der Waals surface area contributed by atoms with Crippen molar-refractivity contribution in [2.75, 3.05) is 0 Å². The number of carboxylic acid groups (broad SMARTS) is 1. The van der Waals surface area contributed by atoms with Crippen LogP contribution in [0.15, 0.2) is 24.3 Å². The summed E-state index contributed by atoms with van der Waals surface area (Å²) in [6, 6.07) is 7.37. The first-order valence-corrected chi connectivity index (χ1v) is 8.58. The highest BCUT2D eigenvalue weighted by molar-refractivity contribution is 5.97. The van der Waals surface area contributed by atoms with Crippen molar-refractivity contribution in [3.05, 3.63) is 46.5 Å². The van der Waals surface area contributed by atoms with Gasteiger partial charge >= 0.3 is 11.9 Å². The minimum absolute atomic E-state index is 0.0981. The van der Waals surface area contributed by atoms with Crippen LogP contribution >= 0.6 is 0 Å². The average molecular weight is 354 g/mol. The molecule has 0 amide bonds. The lowest BCUT2D eigenvalue weighted by Gasteiger charge is -2.26. The van der Waals surface area contributed by atoms with Crippen LogP contribution in [0.3, 0.4) is 0 Å². The first kappa shape index (κ1) is 16.4. The molecular weight excluding hydrogens is 336 g/mol. The van der Waals surface area contributed by atoms with Crippen LogP contribution in [0.1, 0.15) is 46.3 Å². The number of para-hydroxylation sites is 2. The number of aliphatic carboxylic acids is 1. The molecule has 2 aliphatic rings. The molecule has 0 saturated carbocycles. The molecule has 0 atom stereocenters. The Labute approximate surface area is 150 Å². The summed E-state index contributed by atoms with van der Waals surface area (Å²) in [6.07, 6.45) is 1.78. The predicted octanol–water partition coefficient (Wildman–Crippen LogP) is 4.36. The summed E-state index contributed by atoms with van der Waals surface area (Å²) in [5, 5.41) is 8.83. The highest BCUT2D eigenvalue weighted by Gasteiger charge is 2.35. The third kappa shape index (κ3) is 2.67. The molecule has 2 aromatic rings. The summed E-state index contributed by atoms with van der Waals surface area (Å²) >= 11 is 0. The van der Waals surface area contributed by atoms with Crippen LogP contribution in [-0.2, 0) is 22.6 Å². The molecule has 0 aliphatic carbocycles. The van der Waals surface area contributed by atoms with E-state index in [4.69, 9.17) is 19.3 Å². The molecule has 0 unspecified atom stereocenters. The summed E-state index contributed by atoms with van der Waals surface area (Å²) in [6.45, 7) is 2.12. The number of carbonyl (C=O) groups excluding carboxylic acids is 1. The number of benzene rings is 2. The van der Waals surface area contributed by atoms with Gasteiger partial charge in [-0.15, -0.1) is 0 Å². The predicted molar refractivity (Wildman–Crippen MR) is 92.1 cm³/mol. The van der Waals surface area contributed by atoms with Gasteiger partial charge in [0.1, 0.15) is 6.61 Å². The van der Waals surface area contributed by atoms with Gasteiger partial charge in [-0.2, -0.15) is 0 Å². The Morgan fingerprint density at radius 3 is 2.50 bits per heavy atom. The highest BCUT2D eigenvalue weighted by Crippen LogP contribution is 2.52. The second kappa shape index (κ2) is 6.37. The Hall–Kier alpha value is -3.02. The molecule has 6 nitrogen and oxygen atoms in total. The number of carbonyl (C=O) groups is 2. The Bertz CT molecular complexity index is 915. The normalized spacial score (nSPS) is 13.8. The van der Waals surface area contributed by atoms with Crippen molar-refractivity contribution in [2.45, 2.75) is 39.2 Å². The van der Waals surface area contributed by atoms with Gasteiger partial charge in [0.15, 0.2) is 23.0 Å². The zero-order valence-electron chi connectivity index (χ0n) is 14.3. The smallest absolute Gasteiger partial charge is 0.339 e. The van der Waals surface area contributed by atoms with Crippen molar-refractivity contribution >= 4 is 11.9 Å². The van der Waals surface area contributed by atoms with Crippen LogP contribution in [0.4, 0.5) is 0 Å². The number of carboxylic acids is 1. The molecule has 0 fully saturated rings. The number of esters is 1. The van der Waals surface area contributed by atoms with Crippen LogP contribution in [0.2, 0.25) is 0 Å². The lowest BCUT2D eigenvalue weighted by Crippen LogP contribution is -2.10. The van der Waals surface area contributed by atoms with Crippen molar-refractivity contribution < 1.29 is 28.9 Å². The maximum atomic E-state index is 12.3. The average Bonchev–Trinajstić information content (AvgIpc) is 3.01. The molecule has 2 aromatic carbocycles. The summed E-state index contributed by atoms with van der Waals surface area (Å²) < 4.78 is 17.4. The Morgan fingerprint density at radius 2 is 1.81 bits per heavy atom. The van der Waals surface area contributed by atoms with Gasteiger partial charge in [0.25, 0.3) is 0 Å². The molecule has 0 aromatic heterocycles. The molecule has 0 bridgehead atoms. The maximum absolute atomic E-state index is 12.3. The number of cyclic esters (lactones) is 1. The van der Waals surface area contributed by atoms with Crippen LogP contribution in [0.5, 0.6) is 23.0 Å². The number of unbranched alkanes of at least 4 members (excludes halogenated alkanes) is 1. The summed E-state index contributed by atoms with van der Waals surface area (Å²) in [5.41, 5.74) is 2.94. The van der Waals surface area contributed by atoms with Gasteiger partial charge in [0.2, 0.25) is 0 Å². The van der Waals surface area contributed by atoms with Crippen molar-refractivity contribution in [1.29, 1.82) is 0 Å². The second-order valence-electron chi connectivity index (χ2n) is 6.44. The van der Waals surface area contributed by atoms with E-state index >= 15 is 0 Å². The fraction of sp³-hybridized carbons (Fsp3) is 0.300. The molecule has 0 saturated heterocycles. The largest absolute Gasteiger partial charge is 0.481 e. The number of hydrogen-bond acceptors (Lipinski definition) is 5. The number of ether oxygens (including phenoxy) is 3. The van der Waals surface area contributed by atoms with Crippen LogP contribution in [0, 0.1) is 6.92 Å². The van der Waals surface area contributed by atoms with Crippen molar-refractivity contribution in [2.24, 2.45) is 0 Å². The van der Waals surface area contributed by atoms with E-state index in [1.54, 1.807) is 0 Å². The van der Waals surface area contributed by atoms with E-state index in [1.165, 1.54) is 0 Å². The second-order valence-corrected chi connectivity index (χ2v) is 6.44. The Morgan fingerprint density at radius 1 is 1.12 bits per heavy atom. The first-order valence-electron chi connectivity index (χ1n) is 8.58. The van der Waals surface area contributed by atoms with Gasteiger partial charge in [-0.1, -0.05) is 12.1 Å². The molecule has 1 N–H and O–H groups in total. The van der Waals surface area contributed by atoms with Crippen molar-refractivity contribution in [3.63, 3.8) is 0 Å². The zero-order valence-corrected chi connectivity index (χ0v) is 14.3. The standard InChI is InChI=1S/C20H18O6/c1-11-13-10-24-20(23)17(13)12(6-2-5-9-16(21)22)19-18(11)25-14-7-3-4-8-15(14)26-19/h3-4,7-8H,2,5-6,9-10H2,1H3,(H,21,22). The summed E-state index contributed by atoms with van der Waals surface area (Å²) in [4.78, 5) is 23.0. The van der Waals surface area contributed by atoms with Gasteiger partial charge in [0, 0.05) is 23.1 Å². The van der Waals surface area contributed by atoms with E-state index in [1.807, 2.05) is 31.2 Å². The summed E-state index contributed by atoms with van der Waals surface area (Å²) in [7, 11) is 0. The van der Waals surface area contributed by atoms with Gasteiger partial charge in [-0.3, -0.25) is 4.79 Å². The Balaban J connectivity index is 1.76. The van der Waals surface area contributed by atoms with E-state index in [9.17, 15) is 9.59 Å². The highest BCUT2D eigenvalue weighted by atomic mass is 16.6. The molecule has 6 heteroatoms. The lowest BCUT2D eigenvalue weighted by atomic mass is 9.92. The van der Waals surface area contributed by atoms with Gasteiger partial charge in [0.05, 0.1) is 5.56 Å². The van der Waals surface area contributed by atoms with Crippen LogP contribution in [-0.4, -0.2) is 17.0 Å². The molecule has 134 valence electrons.